The molecular weight excluding hydrogens is 290 g/mol. The Morgan fingerprint density at radius 1 is 1.39 bits per heavy atom. The number of nitrogens with two attached hydrogens (primary N) is 1. The standard InChI is InChI=1S/C14H20BrN3/c1-18(10-11-6-2-5-9-13(11)15)14(16)17-12-7-3-4-8-12/h2,5-6,9,12H,3-4,7-8,10H2,1H3,(H2,16,17). The van der Waals surface area contributed by atoms with Crippen LogP contribution in [0.5, 0.6) is 0 Å². The van der Waals surface area contributed by atoms with E-state index in [9.17, 15) is 0 Å². The number of rotatable bonds is 3. The van der Waals surface area contributed by atoms with Crippen LogP contribution in [0.4, 0.5) is 0 Å². The summed E-state index contributed by atoms with van der Waals surface area (Å²) in [5, 5.41) is 0. The third-order valence-electron chi connectivity index (χ3n) is 3.40. The molecule has 0 radical (unpaired) electrons. The molecule has 18 heavy (non-hydrogen) atoms. The van der Waals surface area contributed by atoms with E-state index in [1.165, 1.54) is 31.2 Å². The number of halogens is 1. The van der Waals surface area contributed by atoms with E-state index in [1.54, 1.807) is 0 Å². The molecule has 1 saturated carbocycles. The summed E-state index contributed by atoms with van der Waals surface area (Å²) in [6.45, 7) is 0.781. The van der Waals surface area contributed by atoms with Crippen LogP contribution < -0.4 is 5.73 Å². The van der Waals surface area contributed by atoms with Gasteiger partial charge < -0.3 is 10.6 Å². The molecule has 1 aliphatic carbocycles. The molecule has 1 aromatic rings. The topological polar surface area (TPSA) is 41.6 Å². The van der Waals surface area contributed by atoms with Crippen molar-refractivity contribution in [1.29, 1.82) is 0 Å². The minimum atomic E-state index is 0.437. The average molecular weight is 310 g/mol. The van der Waals surface area contributed by atoms with Gasteiger partial charge in [-0.3, -0.25) is 0 Å². The van der Waals surface area contributed by atoms with Crippen molar-refractivity contribution in [3.63, 3.8) is 0 Å². The first-order valence-corrected chi connectivity index (χ1v) is 7.24. The third-order valence-corrected chi connectivity index (χ3v) is 4.17. The summed E-state index contributed by atoms with van der Waals surface area (Å²) >= 11 is 3.55. The Labute approximate surface area is 117 Å². The molecule has 0 atom stereocenters. The first-order valence-electron chi connectivity index (χ1n) is 6.44. The SMILES string of the molecule is CN(Cc1ccccc1Br)C(N)=NC1CCCC1. The van der Waals surface area contributed by atoms with E-state index < -0.39 is 0 Å². The number of hydrogen-bond acceptors (Lipinski definition) is 1. The van der Waals surface area contributed by atoms with Crippen molar-refractivity contribution in [3.05, 3.63) is 34.3 Å². The normalized spacial score (nSPS) is 17.1. The van der Waals surface area contributed by atoms with Crippen LogP contribution in [0.15, 0.2) is 33.7 Å². The monoisotopic (exact) mass is 309 g/mol. The van der Waals surface area contributed by atoms with Gasteiger partial charge in [-0.25, -0.2) is 4.99 Å². The van der Waals surface area contributed by atoms with Crippen LogP contribution >= 0.6 is 15.9 Å². The lowest BCUT2D eigenvalue weighted by Gasteiger charge is -2.20. The summed E-state index contributed by atoms with van der Waals surface area (Å²) in [5.41, 5.74) is 7.28. The first-order chi connectivity index (χ1) is 8.66. The predicted molar refractivity (Wildman–Crippen MR) is 79.5 cm³/mol. The molecule has 4 heteroatoms. The van der Waals surface area contributed by atoms with E-state index >= 15 is 0 Å². The highest BCUT2D eigenvalue weighted by atomic mass is 79.9. The maximum atomic E-state index is 6.06. The van der Waals surface area contributed by atoms with E-state index in [-0.39, 0.29) is 0 Å². The van der Waals surface area contributed by atoms with Crippen molar-refractivity contribution in [3.8, 4) is 0 Å². The lowest BCUT2D eigenvalue weighted by molar-refractivity contribution is 0.485. The molecule has 1 aromatic carbocycles. The van der Waals surface area contributed by atoms with Gasteiger partial charge >= 0.3 is 0 Å². The predicted octanol–water partition coefficient (Wildman–Crippen LogP) is 3.14. The number of benzene rings is 1. The van der Waals surface area contributed by atoms with Gasteiger partial charge in [-0.1, -0.05) is 47.0 Å². The zero-order valence-corrected chi connectivity index (χ0v) is 12.4. The molecule has 2 rings (SSSR count). The highest BCUT2D eigenvalue weighted by molar-refractivity contribution is 9.10. The van der Waals surface area contributed by atoms with Gasteiger partial charge in [-0.2, -0.15) is 0 Å². The Balaban J connectivity index is 1.98. The molecule has 0 heterocycles. The molecule has 3 nitrogen and oxygen atoms in total. The van der Waals surface area contributed by atoms with Gasteiger partial charge in [0, 0.05) is 18.1 Å². The summed E-state index contributed by atoms with van der Waals surface area (Å²) in [4.78, 5) is 6.62. The lowest BCUT2D eigenvalue weighted by atomic mass is 10.2. The Bertz CT molecular complexity index is 425. The second kappa shape index (κ2) is 6.23. The molecule has 0 aromatic heterocycles. The highest BCUT2D eigenvalue weighted by Gasteiger charge is 2.15. The van der Waals surface area contributed by atoms with Gasteiger partial charge in [0.05, 0.1) is 6.04 Å². The van der Waals surface area contributed by atoms with Crippen LogP contribution in [0.25, 0.3) is 0 Å². The molecule has 0 aliphatic heterocycles. The van der Waals surface area contributed by atoms with Crippen LogP contribution in [0, 0.1) is 0 Å². The maximum absolute atomic E-state index is 6.06. The molecule has 0 spiro atoms. The van der Waals surface area contributed by atoms with Gasteiger partial charge in [0.15, 0.2) is 5.96 Å². The van der Waals surface area contributed by atoms with Crippen molar-refractivity contribution in [2.24, 2.45) is 10.7 Å². The molecule has 98 valence electrons. The van der Waals surface area contributed by atoms with E-state index in [2.05, 4.69) is 27.0 Å². The van der Waals surface area contributed by atoms with Crippen molar-refractivity contribution in [2.45, 2.75) is 38.3 Å². The highest BCUT2D eigenvalue weighted by Crippen LogP contribution is 2.21. The fraction of sp³-hybridized carbons (Fsp3) is 0.500. The lowest BCUT2D eigenvalue weighted by Crippen LogP contribution is -2.34. The van der Waals surface area contributed by atoms with Crippen LogP contribution in [0.2, 0.25) is 0 Å². The minimum absolute atomic E-state index is 0.437. The Kier molecular flexibility index (Phi) is 4.64. The number of guanidine groups is 1. The van der Waals surface area contributed by atoms with Gasteiger partial charge in [0.25, 0.3) is 0 Å². The molecule has 1 aliphatic rings. The molecule has 0 bridgehead atoms. The molecule has 2 N–H and O–H groups in total. The Morgan fingerprint density at radius 2 is 2.06 bits per heavy atom. The second-order valence-corrected chi connectivity index (χ2v) is 5.73. The maximum Gasteiger partial charge on any atom is 0.191 e. The zero-order chi connectivity index (χ0) is 13.0. The number of nitrogens with zero attached hydrogens (tertiary/aromatic N) is 2. The molecule has 1 fully saturated rings. The van der Waals surface area contributed by atoms with Gasteiger partial charge in [-0.05, 0) is 24.5 Å². The summed E-state index contributed by atoms with van der Waals surface area (Å²) in [7, 11) is 1.99. The number of aliphatic imine (C=N–C) groups is 1. The second-order valence-electron chi connectivity index (χ2n) is 4.87. The van der Waals surface area contributed by atoms with Crippen LogP contribution in [0.1, 0.15) is 31.2 Å². The van der Waals surface area contributed by atoms with Crippen LogP contribution in [-0.4, -0.2) is 23.9 Å². The van der Waals surface area contributed by atoms with Crippen molar-refractivity contribution in [2.75, 3.05) is 7.05 Å². The van der Waals surface area contributed by atoms with Crippen LogP contribution in [-0.2, 0) is 6.54 Å². The molecule has 0 amide bonds. The van der Waals surface area contributed by atoms with Gasteiger partial charge in [0.2, 0.25) is 0 Å². The minimum Gasteiger partial charge on any atom is -0.370 e. The van der Waals surface area contributed by atoms with Crippen molar-refractivity contribution >= 4 is 21.9 Å². The van der Waals surface area contributed by atoms with E-state index in [0.29, 0.717) is 12.0 Å². The zero-order valence-electron chi connectivity index (χ0n) is 10.8. The third kappa shape index (κ3) is 3.48. The quantitative estimate of drug-likeness (QED) is 0.688. The molecular formula is C14H20BrN3. The average Bonchev–Trinajstić information content (AvgIpc) is 2.84. The van der Waals surface area contributed by atoms with E-state index in [4.69, 9.17) is 5.73 Å². The molecule has 0 unspecified atom stereocenters. The summed E-state index contributed by atoms with van der Waals surface area (Å²) in [6.07, 6.45) is 4.94. The summed E-state index contributed by atoms with van der Waals surface area (Å²) in [5.74, 6) is 0.651. The smallest absolute Gasteiger partial charge is 0.191 e. The first kappa shape index (κ1) is 13.4. The van der Waals surface area contributed by atoms with Gasteiger partial charge in [0.1, 0.15) is 0 Å². The van der Waals surface area contributed by atoms with Crippen LogP contribution in [0.3, 0.4) is 0 Å². The summed E-state index contributed by atoms with van der Waals surface area (Å²) in [6, 6.07) is 8.64. The molecule has 0 saturated heterocycles. The Morgan fingerprint density at radius 3 is 2.72 bits per heavy atom. The fourth-order valence-corrected chi connectivity index (χ4v) is 2.69. The van der Waals surface area contributed by atoms with E-state index in [0.717, 1.165) is 11.0 Å². The fourth-order valence-electron chi connectivity index (χ4n) is 2.28. The van der Waals surface area contributed by atoms with Gasteiger partial charge in [-0.15, -0.1) is 0 Å². The van der Waals surface area contributed by atoms with Crippen molar-refractivity contribution < 1.29 is 0 Å². The van der Waals surface area contributed by atoms with E-state index in [1.807, 2.05) is 30.1 Å². The summed E-state index contributed by atoms with van der Waals surface area (Å²) < 4.78 is 1.12. The Hall–Kier alpha value is -1.03. The largest absolute Gasteiger partial charge is 0.370 e. The number of hydrogen-bond donors (Lipinski definition) is 1. The van der Waals surface area contributed by atoms with Crippen molar-refractivity contribution in [1.82, 2.24) is 4.90 Å².